The number of nitrogens with zero attached hydrogens (tertiary/aromatic N) is 2. The van der Waals surface area contributed by atoms with Crippen LogP contribution in [0.3, 0.4) is 0 Å². The van der Waals surface area contributed by atoms with Crippen molar-refractivity contribution in [3.8, 4) is 0 Å². The standard InChI is InChI=1S/C11H6Cl3N3O/c12-6-1-2-7(13)8(3-6)17-11(18)9-4-10(14)16-5-15-9/h1-5H,(H,17,18). The van der Waals surface area contributed by atoms with Crippen LogP contribution in [0.5, 0.6) is 0 Å². The van der Waals surface area contributed by atoms with E-state index in [9.17, 15) is 4.79 Å². The molecule has 0 aliphatic rings. The van der Waals surface area contributed by atoms with E-state index in [1.54, 1.807) is 18.2 Å². The molecule has 0 saturated heterocycles. The molecule has 18 heavy (non-hydrogen) atoms. The molecule has 92 valence electrons. The van der Waals surface area contributed by atoms with E-state index in [2.05, 4.69) is 15.3 Å². The van der Waals surface area contributed by atoms with Crippen LogP contribution in [0.15, 0.2) is 30.6 Å². The van der Waals surface area contributed by atoms with Crippen LogP contribution in [0, 0.1) is 0 Å². The maximum atomic E-state index is 11.9. The normalized spacial score (nSPS) is 10.2. The summed E-state index contributed by atoms with van der Waals surface area (Å²) in [5, 5.41) is 3.63. The molecule has 1 aromatic carbocycles. The van der Waals surface area contributed by atoms with E-state index in [1.165, 1.54) is 12.4 Å². The number of hydrogen-bond donors (Lipinski definition) is 1. The third-order valence-electron chi connectivity index (χ3n) is 2.04. The lowest BCUT2D eigenvalue weighted by Crippen LogP contribution is -2.14. The number of rotatable bonds is 2. The van der Waals surface area contributed by atoms with Gasteiger partial charge in [0.2, 0.25) is 0 Å². The van der Waals surface area contributed by atoms with Crippen LogP contribution < -0.4 is 5.32 Å². The van der Waals surface area contributed by atoms with Crippen LogP contribution in [-0.4, -0.2) is 15.9 Å². The van der Waals surface area contributed by atoms with Crippen LogP contribution in [0.2, 0.25) is 15.2 Å². The minimum atomic E-state index is -0.441. The molecule has 1 aromatic heterocycles. The first-order chi connectivity index (χ1) is 8.56. The molecular weight excluding hydrogens is 296 g/mol. The molecule has 1 amide bonds. The SMILES string of the molecule is O=C(Nc1cc(Cl)ccc1Cl)c1cc(Cl)ncn1. The Morgan fingerprint density at radius 1 is 1.11 bits per heavy atom. The van der Waals surface area contributed by atoms with Crippen LogP contribution in [0.4, 0.5) is 5.69 Å². The number of anilines is 1. The highest BCUT2D eigenvalue weighted by atomic mass is 35.5. The fraction of sp³-hybridized carbons (Fsp3) is 0. The van der Waals surface area contributed by atoms with Gasteiger partial charge in [0, 0.05) is 11.1 Å². The number of nitrogens with one attached hydrogen (secondary N) is 1. The zero-order valence-electron chi connectivity index (χ0n) is 8.82. The van der Waals surface area contributed by atoms with Gasteiger partial charge in [-0.3, -0.25) is 4.79 Å². The minimum absolute atomic E-state index is 0.144. The van der Waals surface area contributed by atoms with Crippen molar-refractivity contribution in [2.45, 2.75) is 0 Å². The van der Waals surface area contributed by atoms with Crippen molar-refractivity contribution in [3.63, 3.8) is 0 Å². The maximum Gasteiger partial charge on any atom is 0.274 e. The fourth-order valence-corrected chi connectivity index (χ4v) is 1.72. The van der Waals surface area contributed by atoms with Gasteiger partial charge in [0.25, 0.3) is 5.91 Å². The predicted octanol–water partition coefficient (Wildman–Crippen LogP) is 3.69. The van der Waals surface area contributed by atoms with Gasteiger partial charge < -0.3 is 5.32 Å². The molecule has 0 fully saturated rings. The second kappa shape index (κ2) is 5.52. The van der Waals surface area contributed by atoms with Gasteiger partial charge in [0.1, 0.15) is 17.2 Å². The molecule has 0 unspecified atom stereocenters. The second-order valence-corrected chi connectivity index (χ2v) is 4.54. The first-order valence-electron chi connectivity index (χ1n) is 4.80. The van der Waals surface area contributed by atoms with Crippen LogP contribution in [-0.2, 0) is 0 Å². The average molecular weight is 303 g/mol. The van der Waals surface area contributed by atoms with Gasteiger partial charge in [-0.25, -0.2) is 9.97 Å². The Bertz CT molecular complexity index is 604. The summed E-state index contributed by atoms with van der Waals surface area (Å²) in [6.07, 6.45) is 1.21. The molecule has 1 N–H and O–H groups in total. The summed E-state index contributed by atoms with van der Waals surface area (Å²) in [7, 11) is 0. The highest BCUT2D eigenvalue weighted by Crippen LogP contribution is 2.25. The Hall–Kier alpha value is -1.36. The monoisotopic (exact) mass is 301 g/mol. The molecule has 0 spiro atoms. The summed E-state index contributed by atoms with van der Waals surface area (Å²) in [4.78, 5) is 19.4. The van der Waals surface area contributed by atoms with E-state index in [1.807, 2.05) is 0 Å². The number of carbonyl (C=O) groups is 1. The van der Waals surface area contributed by atoms with Gasteiger partial charge in [-0.15, -0.1) is 0 Å². The Kier molecular flexibility index (Phi) is 4.01. The van der Waals surface area contributed by atoms with Gasteiger partial charge in [0.05, 0.1) is 10.7 Å². The largest absolute Gasteiger partial charge is 0.319 e. The summed E-state index contributed by atoms with van der Waals surface area (Å²) in [5.41, 5.74) is 0.551. The van der Waals surface area contributed by atoms with E-state index in [0.29, 0.717) is 15.7 Å². The van der Waals surface area contributed by atoms with Gasteiger partial charge in [-0.05, 0) is 18.2 Å². The highest BCUT2D eigenvalue weighted by molar-refractivity contribution is 6.36. The molecule has 2 rings (SSSR count). The number of benzene rings is 1. The number of hydrogen-bond acceptors (Lipinski definition) is 3. The minimum Gasteiger partial charge on any atom is -0.319 e. The first kappa shape index (κ1) is 13.1. The number of amides is 1. The van der Waals surface area contributed by atoms with Crippen molar-refractivity contribution < 1.29 is 4.79 Å². The molecule has 1 heterocycles. The number of carbonyl (C=O) groups excluding carboxylic acids is 1. The van der Waals surface area contributed by atoms with Crippen molar-refractivity contribution in [2.24, 2.45) is 0 Å². The van der Waals surface area contributed by atoms with Gasteiger partial charge in [-0.1, -0.05) is 34.8 Å². The molecule has 0 aliphatic carbocycles. The predicted molar refractivity (Wildman–Crippen MR) is 71.5 cm³/mol. The molecule has 0 bridgehead atoms. The molecule has 0 aliphatic heterocycles. The lowest BCUT2D eigenvalue weighted by atomic mass is 10.3. The number of halogens is 3. The Labute approximate surface area is 118 Å². The lowest BCUT2D eigenvalue weighted by Gasteiger charge is -2.07. The molecule has 0 saturated carbocycles. The Morgan fingerprint density at radius 2 is 1.89 bits per heavy atom. The molecular formula is C11H6Cl3N3O. The topological polar surface area (TPSA) is 54.9 Å². The Morgan fingerprint density at radius 3 is 2.61 bits per heavy atom. The quantitative estimate of drug-likeness (QED) is 0.861. The number of aromatic nitrogens is 2. The van der Waals surface area contributed by atoms with Gasteiger partial charge >= 0.3 is 0 Å². The third kappa shape index (κ3) is 3.10. The Balaban J connectivity index is 2.24. The van der Waals surface area contributed by atoms with Crippen molar-refractivity contribution in [1.82, 2.24) is 9.97 Å². The van der Waals surface area contributed by atoms with Crippen molar-refractivity contribution >= 4 is 46.4 Å². The van der Waals surface area contributed by atoms with Crippen LogP contribution >= 0.6 is 34.8 Å². The molecule has 0 radical (unpaired) electrons. The van der Waals surface area contributed by atoms with Crippen molar-refractivity contribution in [2.75, 3.05) is 5.32 Å². The van der Waals surface area contributed by atoms with E-state index in [-0.39, 0.29) is 10.8 Å². The van der Waals surface area contributed by atoms with Crippen molar-refractivity contribution in [1.29, 1.82) is 0 Å². The highest BCUT2D eigenvalue weighted by Gasteiger charge is 2.11. The van der Waals surface area contributed by atoms with E-state index >= 15 is 0 Å². The molecule has 7 heteroatoms. The van der Waals surface area contributed by atoms with Gasteiger partial charge in [-0.2, -0.15) is 0 Å². The third-order valence-corrected chi connectivity index (χ3v) is 2.81. The maximum absolute atomic E-state index is 11.9. The molecule has 2 aromatic rings. The molecule has 0 atom stereocenters. The van der Waals surface area contributed by atoms with Crippen molar-refractivity contribution in [3.05, 3.63) is 51.5 Å². The summed E-state index contributed by atoms with van der Waals surface area (Å²) in [5.74, 6) is -0.441. The summed E-state index contributed by atoms with van der Waals surface area (Å²) < 4.78 is 0. The van der Waals surface area contributed by atoms with E-state index < -0.39 is 5.91 Å². The fourth-order valence-electron chi connectivity index (χ4n) is 1.24. The van der Waals surface area contributed by atoms with E-state index in [4.69, 9.17) is 34.8 Å². The lowest BCUT2D eigenvalue weighted by molar-refractivity contribution is 0.102. The van der Waals surface area contributed by atoms with Crippen LogP contribution in [0.1, 0.15) is 10.5 Å². The smallest absolute Gasteiger partial charge is 0.274 e. The summed E-state index contributed by atoms with van der Waals surface area (Å²) >= 11 is 17.4. The van der Waals surface area contributed by atoms with Gasteiger partial charge in [0.15, 0.2) is 0 Å². The second-order valence-electron chi connectivity index (χ2n) is 3.30. The summed E-state index contributed by atoms with van der Waals surface area (Å²) in [6, 6.07) is 6.12. The molecule has 4 nitrogen and oxygen atoms in total. The van der Waals surface area contributed by atoms with Crippen LogP contribution in [0.25, 0.3) is 0 Å². The zero-order valence-corrected chi connectivity index (χ0v) is 11.1. The average Bonchev–Trinajstić information content (AvgIpc) is 2.34. The first-order valence-corrected chi connectivity index (χ1v) is 5.93. The van der Waals surface area contributed by atoms with E-state index in [0.717, 1.165) is 0 Å². The summed E-state index contributed by atoms with van der Waals surface area (Å²) in [6.45, 7) is 0. The zero-order chi connectivity index (χ0) is 13.1.